The smallest absolute Gasteiger partial charge is 0.236 e. The van der Waals surface area contributed by atoms with Gasteiger partial charge in [0.1, 0.15) is 5.82 Å². The topological polar surface area (TPSA) is 54.9 Å². The third-order valence-corrected chi connectivity index (χ3v) is 5.45. The van der Waals surface area contributed by atoms with E-state index in [9.17, 15) is 4.79 Å². The molecule has 4 nitrogen and oxygen atoms in total. The summed E-state index contributed by atoms with van der Waals surface area (Å²) < 4.78 is 0. The average Bonchev–Trinajstić information content (AvgIpc) is 2.69. The van der Waals surface area contributed by atoms with E-state index in [1.807, 2.05) is 42.5 Å². The molecule has 2 aromatic carbocycles. The molecule has 0 saturated heterocycles. The predicted octanol–water partition coefficient (Wildman–Crippen LogP) is 5.12. The van der Waals surface area contributed by atoms with Crippen molar-refractivity contribution in [1.82, 2.24) is 9.97 Å². The summed E-state index contributed by atoms with van der Waals surface area (Å²) in [6.45, 7) is 0. The molecule has 0 spiro atoms. The van der Waals surface area contributed by atoms with Crippen LogP contribution in [0.4, 0.5) is 5.82 Å². The standard InChI is InChI=1S/C21H20ClN3O/c22-20-23-17-12-6-5-11-16(17)18(25-20)24-19(26)21(13-7-2-8-14-21)15-9-3-1-4-10-15/h1,3-6,9-12H,2,7-8,13-14H2,(H,23,24,25,26). The number of nitrogens with zero attached hydrogens (tertiary/aromatic N) is 2. The molecule has 1 aliphatic carbocycles. The van der Waals surface area contributed by atoms with Crippen LogP contribution in [-0.4, -0.2) is 15.9 Å². The molecule has 0 radical (unpaired) electrons. The van der Waals surface area contributed by atoms with Gasteiger partial charge in [-0.25, -0.2) is 4.98 Å². The number of aromatic nitrogens is 2. The number of rotatable bonds is 3. The van der Waals surface area contributed by atoms with E-state index in [1.54, 1.807) is 0 Å². The number of anilines is 1. The zero-order chi connectivity index (χ0) is 18.0. The van der Waals surface area contributed by atoms with Gasteiger partial charge in [-0.15, -0.1) is 0 Å². The van der Waals surface area contributed by atoms with Gasteiger partial charge in [0.15, 0.2) is 0 Å². The van der Waals surface area contributed by atoms with E-state index in [1.165, 1.54) is 6.42 Å². The second-order valence-electron chi connectivity index (χ2n) is 6.82. The van der Waals surface area contributed by atoms with Crippen LogP contribution in [0.15, 0.2) is 54.6 Å². The van der Waals surface area contributed by atoms with Crippen molar-refractivity contribution < 1.29 is 4.79 Å². The first-order chi connectivity index (χ1) is 12.7. The lowest BCUT2D eigenvalue weighted by atomic mass is 9.68. The number of hydrogen-bond donors (Lipinski definition) is 1. The first-order valence-corrected chi connectivity index (χ1v) is 9.36. The molecule has 1 amide bonds. The number of carbonyl (C=O) groups is 1. The number of halogens is 1. The van der Waals surface area contributed by atoms with E-state index in [0.29, 0.717) is 5.82 Å². The van der Waals surface area contributed by atoms with Gasteiger partial charge in [0.05, 0.1) is 10.9 Å². The minimum Gasteiger partial charge on any atom is -0.309 e. The van der Waals surface area contributed by atoms with Gasteiger partial charge in [-0.2, -0.15) is 4.98 Å². The number of para-hydroxylation sites is 1. The average molecular weight is 366 g/mol. The van der Waals surface area contributed by atoms with E-state index in [2.05, 4.69) is 27.4 Å². The van der Waals surface area contributed by atoms with E-state index >= 15 is 0 Å². The van der Waals surface area contributed by atoms with Gasteiger partial charge in [0.25, 0.3) is 0 Å². The highest BCUT2D eigenvalue weighted by Gasteiger charge is 2.41. The summed E-state index contributed by atoms with van der Waals surface area (Å²) in [7, 11) is 0. The Morgan fingerprint density at radius 2 is 1.62 bits per heavy atom. The summed E-state index contributed by atoms with van der Waals surface area (Å²) in [6, 6.07) is 17.6. The van der Waals surface area contributed by atoms with Crippen molar-refractivity contribution in [3.63, 3.8) is 0 Å². The maximum atomic E-state index is 13.4. The maximum Gasteiger partial charge on any atom is 0.236 e. The van der Waals surface area contributed by atoms with E-state index in [-0.39, 0.29) is 11.2 Å². The van der Waals surface area contributed by atoms with Gasteiger partial charge < -0.3 is 5.32 Å². The Kier molecular flexibility index (Phi) is 4.60. The Hall–Kier alpha value is -2.46. The van der Waals surface area contributed by atoms with Crippen molar-refractivity contribution >= 4 is 34.2 Å². The normalized spacial score (nSPS) is 16.3. The van der Waals surface area contributed by atoms with Gasteiger partial charge in [0.2, 0.25) is 11.2 Å². The van der Waals surface area contributed by atoms with Gasteiger partial charge in [-0.3, -0.25) is 4.79 Å². The zero-order valence-corrected chi connectivity index (χ0v) is 15.2. The Balaban J connectivity index is 1.74. The number of nitrogens with one attached hydrogen (secondary N) is 1. The van der Waals surface area contributed by atoms with Crippen molar-refractivity contribution in [3.8, 4) is 0 Å². The highest BCUT2D eigenvalue weighted by Crippen LogP contribution is 2.40. The minimum absolute atomic E-state index is 0.0108. The van der Waals surface area contributed by atoms with Gasteiger partial charge >= 0.3 is 0 Å². The highest BCUT2D eigenvalue weighted by atomic mass is 35.5. The Morgan fingerprint density at radius 3 is 2.38 bits per heavy atom. The summed E-state index contributed by atoms with van der Waals surface area (Å²) in [5, 5.41) is 3.99. The van der Waals surface area contributed by atoms with Crippen LogP contribution >= 0.6 is 11.6 Å². The number of amides is 1. The van der Waals surface area contributed by atoms with Crippen LogP contribution in [0.2, 0.25) is 5.28 Å². The molecule has 3 aromatic rings. The molecule has 26 heavy (non-hydrogen) atoms. The molecular weight excluding hydrogens is 346 g/mol. The van der Waals surface area contributed by atoms with Crippen molar-refractivity contribution in [1.29, 1.82) is 0 Å². The van der Waals surface area contributed by atoms with Crippen molar-refractivity contribution in [2.75, 3.05) is 5.32 Å². The molecular formula is C21H20ClN3O. The van der Waals surface area contributed by atoms with E-state index < -0.39 is 5.41 Å². The Morgan fingerprint density at radius 1 is 0.923 bits per heavy atom. The molecule has 0 bridgehead atoms. The molecule has 1 heterocycles. The number of hydrogen-bond acceptors (Lipinski definition) is 3. The van der Waals surface area contributed by atoms with Crippen LogP contribution in [-0.2, 0) is 10.2 Å². The summed E-state index contributed by atoms with van der Waals surface area (Å²) in [5.41, 5.74) is 1.28. The molecule has 0 atom stereocenters. The molecule has 4 rings (SSSR count). The summed E-state index contributed by atoms with van der Waals surface area (Å²) in [4.78, 5) is 21.9. The predicted molar refractivity (Wildman–Crippen MR) is 104 cm³/mol. The van der Waals surface area contributed by atoms with Crippen LogP contribution in [0.1, 0.15) is 37.7 Å². The van der Waals surface area contributed by atoms with Crippen molar-refractivity contribution in [3.05, 3.63) is 65.4 Å². The fraction of sp³-hybridized carbons (Fsp3) is 0.286. The van der Waals surface area contributed by atoms with E-state index in [4.69, 9.17) is 11.6 Å². The first kappa shape index (κ1) is 17.0. The molecule has 1 aromatic heterocycles. The molecule has 132 valence electrons. The molecule has 0 aliphatic heterocycles. The minimum atomic E-state index is -0.516. The number of fused-ring (bicyclic) bond motifs is 1. The summed E-state index contributed by atoms with van der Waals surface area (Å²) in [5.74, 6) is 0.467. The van der Waals surface area contributed by atoms with Gasteiger partial charge in [0, 0.05) is 5.39 Å². The summed E-state index contributed by atoms with van der Waals surface area (Å²) >= 11 is 6.07. The number of carbonyl (C=O) groups excluding carboxylic acids is 1. The van der Waals surface area contributed by atoms with Gasteiger partial charge in [-0.05, 0) is 42.1 Å². The monoisotopic (exact) mass is 365 g/mol. The highest BCUT2D eigenvalue weighted by molar-refractivity contribution is 6.29. The van der Waals surface area contributed by atoms with Crippen LogP contribution in [0, 0.1) is 0 Å². The molecule has 0 unspecified atom stereocenters. The summed E-state index contributed by atoms with van der Waals surface area (Å²) in [6.07, 6.45) is 4.96. The quantitative estimate of drug-likeness (QED) is 0.655. The Bertz CT molecular complexity index is 936. The van der Waals surface area contributed by atoms with E-state index in [0.717, 1.165) is 42.1 Å². The van der Waals surface area contributed by atoms with Crippen molar-refractivity contribution in [2.24, 2.45) is 0 Å². The lowest BCUT2D eigenvalue weighted by Crippen LogP contribution is -2.42. The molecule has 5 heteroatoms. The third kappa shape index (κ3) is 3.06. The van der Waals surface area contributed by atoms with Crippen molar-refractivity contribution in [2.45, 2.75) is 37.5 Å². The number of benzene rings is 2. The molecule has 1 N–H and O–H groups in total. The van der Waals surface area contributed by atoms with Crippen LogP contribution in [0.3, 0.4) is 0 Å². The zero-order valence-electron chi connectivity index (χ0n) is 14.4. The van der Waals surface area contributed by atoms with Crippen LogP contribution in [0.25, 0.3) is 10.9 Å². The first-order valence-electron chi connectivity index (χ1n) is 8.98. The second-order valence-corrected chi connectivity index (χ2v) is 7.16. The van der Waals surface area contributed by atoms with Gasteiger partial charge in [-0.1, -0.05) is 61.7 Å². The fourth-order valence-electron chi connectivity index (χ4n) is 3.93. The third-order valence-electron chi connectivity index (χ3n) is 5.28. The van der Waals surface area contributed by atoms with Crippen LogP contribution < -0.4 is 5.32 Å². The fourth-order valence-corrected chi connectivity index (χ4v) is 4.11. The molecule has 1 fully saturated rings. The second kappa shape index (κ2) is 7.04. The molecule has 1 aliphatic rings. The molecule has 1 saturated carbocycles. The lowest BCUT2D eigenvalue weighted by molar-refractivity contribution is -0.122. The maximum absolute atomic E-state index is 13.4. The van der Waals surface area contributed by atoms with Crippen LogP contribution in [0.5, 0.6) is 0 Å². The SMILES string of the molecule is O=C(Nc1nc(Cl)nc2ccccc12)C1(c2ccccc2)CCCCC1. The lowest BCUT2D eigenvalue weighted by Gasteiger charge is -2.36. The Labute approximate surface area is 157 Å². The largest absolute Gasteiger partial charge is 0.309 e.